The third kappa shape index (κ3) is 2.80. The van der Waals surface area contributed by atoms with Crippen molar-refractivity contribution in [2.24, 2.45) is 11.1 Å². The van der Waals surface area contributed by atoms with Crippen molar-refractivity contribution in [1.29, 1.82) is 0 Å². The lowest BCUT2D eigenvalue weighted by atomic mass is 10.0. The lowest BCUT2D eigenvalue weighted by molar-refractivity contribution is -0.384. The highest BCUT2D eigenvalue weighted by atomic mass is 35.5. The van der Waals surface area contributed by atoms with E-state index >= 15 is 0 Å². The number of rotatable bonds is 4. The van der Waals surface area contributed by atoms with Gasteiger partial charge in [-0.2, -0.15) is 0 Å². The fourth-order valence-corrected chi connectivity index (χ4v) is 2.80. The summed E-state index contributed by atoms with van der Waals surface area (Å²) in [5.74, 6) is 0.408. The lowest BCUT2D eigenvalue weighted by Gasteiger charge is -2.05. The van der Waals surface area contributed by atoms with Crippen molar-refractivity contribution < 1.29 is 10.1 Å². The molecule has 112 valence electrons. The smallest absolute Gasteiger partial charge is 0.269 e. The van der Waals surface area contributed by atoms with Crippen molar-refractivity contribution in [2.45, 2.75) is 12.3 Å². The fraction of sp³-hybridized carbons (Fsp3) is 0.188. The highest BCUT2D eigenvalue weighted by Crippen LogP contribution is 2.49. The van der Waals surface area contributed by atoms with Gasteiger partial charge in [0.25, 0.3) is 5.69 Å². The van der Waals surface area contributed by atoms with Crippen LogP contribution < -0.4 is 0 Å². The molecule has 2 aromatic carbocycles. The molecule has 1 aliphatic carbocycles. The van der Waals surface area contributed by atoms with E-state index in [1.165, 1.54) is 12.1 Å². The second-order valence-electron chi connectivity index (χ2n) is 5.29. The Kier molecular flexibility index (Phi) is 3.81. The molecule has 0 amide bonds. The largest absolute Gasteiger partial charge is 0.411 e. The highest BCUT2D eigenvalue weighted by molar-refractivity contribution is 6.30. The van der Waals surface area contributed by atoms with E-state index in [-0.39, 0.29) is 11.6 Å². The van der Waals surface area contributed by atoms with Crippen LogP contribution in [0.3, 0.4) is 0 Å². The molecule has 2 aromatic rings. The Balaban J connectivity index is 1.79. The van der Waals surface area contributed by atoms with E-state index in [1.54, 1.807) is 12.1 Å². The molecule has 0 bridgehead atoms. The summed E-state index contributed by atoms with van der Waals surface area (Å²) in [6.45, 7) is 0. The maximum atomic E-state index is 10.7. The summed E-state index contributed by atoms with van der Waals surface area (Å²) >= 11 is 5.88. The number of hydrogen-bond acceptors (Lipinski definition) is 4. The van der Waals surface area contributed by atoms with E-state index < -0.39 is 4.92 Å². The van der Waals surface area contributed by atoms with Crippen LogP contribution in [0.2, 0.25) is 5.02 Å². The first-order chi connectivity index (χ1) is 10.6. The predicted octanol–water partition coefficient (Wildman–Crippen LogP) is 4.23. The molecule has 1 N–H and O–H groups in total. The lowest BCUT2D eigenvalue weighted by Crippen LogP contribution is -2.05. The maximum Gasteiger partial charge on any atom is 0.269 e. The van der Waals surface area contributed by atoms with Crippen molar-refractivity contribution in [3.63, 3.8) is 0 Å². The van der Waals surface area contributed by atoms with Crippen molar-refractivity contribution in [3.05, 3.63) is 74.8 Å². The van der Waals surface area contributed by atoms with Crippen molar-refractivity contribution in [3.8, 4) is 0 Å². The van der Waals surface area contributed by atoms with Crippen LogP contribution in [-0.2, 0) is 0 Å². The van der Waals surface area contributed by atoms with E-state index in [0.29, 0.717) is 22.2 Å². The monoisotopic (exact) mass is 316 g/mol. The minimum Gasteiger partial charge on any atom is -0.411 e. The molecule has 1 fully saturated rings. The molecule has 1 saturated carbocycles. The van der Waals surface area contributed by atoms with Crippen LogP contribution in [0.5, 0.6) is 0 Å². The number of nitro benzene ring substituents is 1. The number of nitrogens with zero attached hydrogens (tertiary/aromatic N) is 2. The molecule has 0 aliphatic heterocycles. The van der Waals surface area contributed by atoms with Gasteiger partial charge in [-0.15, -0.1) is 0 Å². The van der Waals surface area contributed by atoms with E-state index in [4.69, 9.17) is 11.6 Å². The van der Waals surface area contributed by atoms with E-state index in [9.17, 15) is 15.3 Å². The first-order valence-electron chi connectivity index (χ1n) is 6.82. The molecule has 0 spiro atoms. The van der Waals surface area contributed by atoms with Gasteiger partial charge in [0.1, 0.15) is 0 Å². The first kappa shape index (κ1) is 14.5. The third-order valence-corrected chi connectivity index (χ3v) is 4.17. The molecule has 5 nitrogen and oxygen atoms in total. The Morgan fingerprint density at radius 1 is 1.18 bits per heavy atom. The molecule has 22 heavy (non-hydrogen) atoms. The van der Waals surface area contributed by atoms with Gasteiger partial charge < -0.3 is 5.21 Å². The summed E-state index contributed by atoms with van der Waals surface area (Å²) in [6, 6.07) is 13.7. The third-order valence-electron chi connectivity index (χ3n) is 3.92. The second kappa shape index (κ2) is 5.77. The Bertz CT molecular complexity index is 726. The normalized spacial score (nSPS) is 20.7. The molecule has 6 heteroatoms. The van der Waals surface area contributed by atoms with Gasteiger partial charge in [0.05, 0.1) is 10.6 Å². The van der Waals surface area contributed by atoms with Crippen LogP contribution in [0.4, 0.5) is 5.69 Å². The number of halogens is 1. The molecule has 2 atom stereocenters. The summed E-state index contributed by atoms with van der Waals surface area (Å²) in [6.07, 6.45) is 0.887. The minimum atomic E-state index is -0.451. The zero-order valence-electron chi connectivity index (χ0n) is 11.5. The van der Waals surface area contributed by atoms with Crippen LogP contribution >= 0.6 is 11.6 Å². The Morgan fingerprint density at radius 2 is 1.82 bits per heavy atom. The van der Waals surface area contributed by atoms with Crippen molar-refractivity contribution >= 4 is 23.0 Å². The zero-order valence-corrected chi connectivity index (χ0v) is 12.3. The summed E-state index contributed by atoms with van der Waals surface area (Å²) in [7, 11) is 0. The zero-order chi connectivity index (χ0) is 15.7. The summed E-state index contributed by atoms with van der Waals surface area (Å²) < 4.78 is 0. The Labute approximate surface area is 132 Å². The SMILES string of the molecule is O=[N+]([O-])c1ccc(/C(=N/O)[C@H]2C[C@@H]2c2ccc(Cl)cc2)cc1. The van der Waals surface area contributed by atoms with Crippen LogP contribution in [0.15, 0.2) is 53.7 Å². The van der Waals surface area contributed by atoms with Gasteiger partial charge >= 0.3 is 0 Å². The maximum absolute atomic E-state index is 10.7. The number of non-ortho nitro benzene ring substituents is 1. The number of nitro groups is 1. The average molecular weight is 317 g/mol. The molecule has 0 heterocycles. The quantitative estimate of drug-likeness (QED) is 0.397. The number of benzene rings is 2. The minimum absolute atomic E-state index is 0.0195. The van der Waals surface area contributed by atoms with E-state index in [2.05, 4.69) is 5.16 Å². The molecule has 0 unspecified atom stereocenters. The van der Waals surface area contributed by atoms with Gasteiger partial charge in [-0.25, -0.2) is 0 Å². The summed E-state index contributed by atoms with van der Waals surface area (Å²) in [5.41, 5.74) is 2.44. The summed E-state index contributed by atoms with van der Waals surface area (Å²) in [4.78, 5) is 10.2. The number of hydrogen-bond donors (Lipinski definition) is 1. The van der Waals surface area contributed by atoms with Crippen LogP contribution in [0.25, 0.3) is 0 Å². The van der Waals surface area contributed by atoms with Crippen LogP contribution in [0.1, 0.15) is 23.5 Å². The fourth-order valence-electron chi connectivity index (χ4n) is 2.68. The molecule has 0 radical (unpaired) electrons. The van der Waals surface area contributed by atoms with Crippen molar-refractivity contribution in [1.82, 2.24) is 0 Å². The molecule has 1 aliphatic rings. The predicted molar refractivity (Wildman–Crippen MR) is 83.7 cm³/mol. The molecular formula is C16H13ClN2O3. The van der Waals surface area contributed by atoms with Gasteiger partial charge in [-0.05, 0) is 42.2 Å². The van der Waals surface area contributed by atoms with Crippen LogP contribution in [-0.4, -0.2) is 15.8 Å². The molecule has 0 saturated heterocycles. The first-order valence-corrected chi connectivity index (χ1v) is 7.20. The van der Waals surface area contributed by atoms with Crippen molar-refractivity contribution in [2.75, 3.05) is 0 Å². The standard InChI is InChI=1S/C16H13ClN2O3/c17-12-5-1-10(2-6-12)14-9-15(14)16(18-20)11-3-7-13(8-4-11)19(21)22/h1-8,14-15,20H,9H2/b18-16-/t14-,15+/m1/s1. The topological polar surface area (TPSA) is 75.7 Å². The van der Waals surface area contributed by atoms with Gasteiger partial charge in [0.2, 0.25) is 0 Å². The highest BCUT2D eigenvalue weighted by Gasteiger charge is 2.43. The molecule has 3 rings (SSSR count). The molecular weight excluding hydrogens is 304 g/mol. The Morgan fingerprint density at radius 3 is 2.36 bits per heavy atom. The Hall–Kier alpha value is -2.40. The van der Waals surface area contributed by atoms with E-state index in [1.807, 2.05) is 24.3 Å². The number of oxime groups is 1. The van der Waals surface area contributed by atoms with Crippen LogP contribution in [0, 0.1) is 16.0 Å². The summed E-state index contributed by atoms with van der Waals surface area (Å²) in [5, 5.41) is 24.1. The van der Waals surface area contributed by atoms with Gasteiger partial charge in [-0.1, -0.05) is 28.9 Å². The second-order valence-corrected chi connectivity index (χ2v) is 5.73. The van der Waals surface area contributed by atoms with Gasteiger partial charge in [0, 0.05) is 28.6 Å². The van der Waals surface area contributed by atoms with Gasteiger partial charge in [-0.3, -0.25) is 10.1 Å². The average Bonchev–Trinajstić information content (AvgIpc) is 3.30. The molecule has 0 aromatic heterocycles. The van der Waals surface area contributed by atoms with E-state index in [0.717, 1.165) is 12.0 Å². The van der Waals surface area contributed by atoms with Gasteiger partial charge in [0.15, 0.2) is 0 Å².